The van der Waals surface area contributed by atoms with E-state index in [4.69, 9.17) is 11.5 Å². The number of nitro groups is 1. The second-order valence-electron chi connectivity index (χ2n) is 5.42. The quantitative estimate of drug-likeness (QED) is 0.377. The van der Waals surface area contributed by atoms with Crippen molar-refractivity contribution in [3.8, 4) is 11.5 Å². The van der Waals surface area contributed by atoms with Crippen LogP contribution in [-0.2, 0) is 6.18 Å². The Bertz CT molecular complexity index is 1080. The van der Waals surface area contributed by atoms with Crippen LogP contribution in [0.15, 0.2) is 47.0 Å². The van der Waals surface area contributed by atoms with E-state index in [1.165, 1.54) is 18.6 Å². The largest absolute Gasteiger partial charge is 0.416 e. The highest BCUT2D eigenvalue weighted by atomic mass is 19.4. The molecule has 1 aromatic carbocycles. The fourth-order valence-electron chi connectivity index (χ4n) is 2.16. The molecular formula is C15H10F3N9O2. The number of anilines is 2. The number of rotatable bonds is 4. The van der Waals surface area contributed by atoms with Crippen molar-refractivity contribution in [2.24, 2.45) is 10.2 Å². The topological polar surface area (TPSA) is 171 Å². The Hall–Kier alpha value is -4.23. The molecule has 2 aromatic heterocycles. The lowest BCUT2D eigenvalue weighted by Gasteiger charge is -2.07. The molecule has 0 radical (unpaired) electrons. The van der Waals surface area contributed by atoms with E-state index in [1.54, 1.807) is 0 Å². The van der Waals surface area contributed by atoms with E-state index in [-0.39, 0.29) is 28.8 Å². The molecule has 0 bridgehead atoms. The molecule has 0 aliphatic rings. The van der Waals surface area contributed by atoms with Gasteiger partial charge in [0.2, 0.25) is 0 Å². The van der Waals surface area contributed by atoms with Gasteiger partial charge in [-0.05, 0) is 12.1 Å². The number of alkyl halides is 3. The Kier molecular flexibility index (Phi) is 4.99. The number of nitrogen functional groups attached to an aromatic ring is 2. The van der Waals surface area contributed by atoms with Gasteiger partial charge >= 0.3 is 6.18 Å². The number of azo groups is 1. The lowest BCUT2D eigenvalue weighted by Crippen LogP contribution is -2.05. The lowest BCUT2D eigenvalue weighted by molar-refractivity contribution is -0.384. The number of nitrogens with two attached hydrogens (primary N) is 2. The summed E-state index contributed by atoms with van der Waals surface area (Å²) < 4.78 is 38.3. The molecule has 3 aromatic rings. The fraction of sp³-hybridized carbons (Fsp3) is 0.0667. The smallest absolute Gasteiger partial charge is 0.382 e. The maximum absolute atomic E-state index is 12.8. The summed E-state index contributed by atoms with van der Waals surface area (Å²) in [5.74, 6) is -0.361. The predicted octanol–water partition coefficient (Wildman–Crippen LogP) is 3.44. The molecule has 0 aliphatic heterocycles. The first-order valence-electron chi connectivity index (χ1n) is 7.63. The minimum absolute atomic E-state index is 0.0626. The second kappa shape index (κ2) is 7.41. The van der Waals surface area contributed by atoms with Crippen molar-refractivity contribution in [1.82, 2.24) is 19.9 Å². The number of hydrogen-bond acceptors (Lipinski definition) is 10. The van der Waals surface area contributed by atoms with Gasteiger partial charge in [-0.3, -0.25) is 15.1 Å². The zero-order valence-corrected chi connectivity index (χ0v) is 14.2. The highest BCUT2D eigenvalue weighted by Gasteiger charge is 2.33. The zero-order chi connectivity index (χ0) is 21.2. The van der Waals surface area contributed by atoms with E-state index in [2.05, 4.69) is 30.2 Å². The van der Waals surface area contributed by atoms with Crippen molar-refractivity contribution in [2.75, 3.05) is 11.5 Å². The summed E-state index contributed by atoms with van der Waals surface area (Å²) >= 11 is 0. The number of nitrogens with zero attached hydrogens (tertiary/aromatic N) is 7. The van der Waals surface area contributed by atoms with Gasteiger partial charge in [-0.2, -0.15) is 13.2 Å². The van der Waals surface area contributed by atoms with Gasteiger partial charge in [-0.15, -0.1) is 10.2 Å². The molecule has 3 rings (SSSR count). The third kappa shape index (κ3) is 4.20. The summed E-state index contributed by atoms with van der Waals surface area (Å²) in [6.45, 7) is 0. The molecule has 148 valence electrons. The average Bonchev–Trinajstić information content (AvgIpc) is 2.67. The molecule has 0 unspecified atom stereocenters. The van der Waals surface area contributed by atoms with Crippen LogP contribution in [0.25, 0.3) is 11.5 Å². The fourth-order valence-corrected chi connectivity index (χ4v) is 2.16. The minimum Gasteiger partial charge on any atom is -0.382 e. The van der Waals surface area contributed by atoms with Gasteiger partial charge in [0, 0.05) is 18.5 Å². The highest BCUT2D eigenvalue weighted by Crippen LogP contribution is 2.37. The Balaban J connectivity index is 1.99. The van der Waals surface area contributed by atoms with Crippen molar-refractivity contribution in [1.29, 1.82) is 0 Å². The summed E-state index contributed by atoms with van der Waals surface area (Å²) in [6, 6.07) is 1.81. The molecule has 0 amide bonds. The van der Waals surface area contributed by atoms with Gasteiger partial charge in [0.15, 0.2) is 28.8 Å². The Morgan fingerprint density at radius 2 is 1.76 bits per heavy atom. The molecule has 0 atom stereocenters. The van der Waals surface area contributed by atoms with Crippen LogP contribution in [0.2, 0.25) is 0 Å². The monoisotopic (exact) mass is 405 g/mol. The van der Waals surface area contributed by atoms with Crippen LogP contribution in [0.5, 0.6) is 0 Å². The molecule has 14 heteroatoms. The van der Waals surface area contributed by atoms with Gasteiger partial charge in [-0.1, -0.05) is 0 Å². The number of benzene rings is 1. The van der Waals surface area contributed by atoms with Crippen LogP contribution >= 0.6 is 0 Å². The third-order valence-corrected chi connectivity index (χ3v) is 3.49. The average molecular weight is 405 g/mol. The third-order valence-electron chi connectivity index (χ3n) is 3.49. The first-order chi connectivity index (χ1) is 13.7. The number of aromatic nitrogens is 4. The van der Waals surface area contributed by atoms with E-state index in [0.29, 0.717) is 12.1 Å². The normalized spacial score (nSPS) is 11.7. The molecule has 0 saturated heterocycles. The van der Waals surface area contributed by atoms with E-state index < -0.39 is 28.0 Å². The Labute approximate surface area is 159 Å². The molecule has 0 saturated carbocycles. The Morgan fingerprint density at radius 3 is 2.31 bits per heavy atom. The van der Waals surface area contributed by atoms with Gasteiger partial charge in [0.05, 0.1) is 16.7 Å². The van der Waals surface area contributed by atoms with E-state index in [1.807, 2.05) is 0 Å². The summed E-state index contributed by atoms with van der Waals surface area (Å²) in [7, 11) is 0. The number of halogens is 3. The first kappa shape index (κ1) is 19.5. The zero-order valence-electron chi connectivity index (χ0n) is 14.2. The van der Waals surface area contributed by atoms with Gasteiger partial charge in [0.25, 0.3) is 5.69 Å². The first-order valence-corrected chi connectivity index (χ1v) is 7.63. The van der Waals surface area contributed by atoms with Crippen molar-refractivity contribution in [2.45, 2.75) is 6.18 Å². The Morgan fingerprint density at radius 1 is 1.07 bits per heavy atom. The molecule has 0 fully saturated rings. The van der Waals surface area contributed by atoms with Crippen LogP contribution < -0.4 is 11.5 Å². The van der Waals surface area contributed by atoms with Crippen molar-refractivity contribution in [3.63, 3.8) is 0 Å². The van der Waals surface area contributed by atoms with Crippen molar-refractivity contribution >= 4 is 28.7 Å². The summed E-state index contributed by atoms with van der Waals surface area (Å²) in [5, 5.41) is 18.4. The predicted molar refractivity (Wildman–Crippen MR) is 94.2 cm³/mol. The molecule has 0 spiro atoms. The highest BCUT2D eigenvalue weighted by molar-refractivity contribution is 5.73. The van der Waals surface area contributed by atoms with Crippen LogP contribution in [0, 0.1) is 10.1 Å². The van der Waals surface area contributed by atoms with Gasteiger partial charge < -0.3 is 11.5 Å². The van der Waals surface area contributed by atoms with Crippen LogP contribution in [0.4, 0.5) is 41.9 Å². The summed E-state index contributed by atoms with van der Waals surface area (Å²) in [5.41, 5.74) is 9.14. The molecule has 0 aliphatic carbocycles. The summed E-state index contributed by atoms with van der Waals surface area (Å²) in [4.78, 5) is 25.9. The second-order valence-corrected chi connectivity index (χ2v) is 5.42. The molecule has 29 heavy (non-hydrogen) atoms. The number of nitro benzene ring substituents is 1. The van der Waals surface area contributed by atoms with Gasteiger partial charge in [-0.25, -0.2) is 15.0 Å². The van der Waals surface area contributed by atoms with Crippen molar-refractivity contribution < 1.29 is 18.1 Å². The summed E-state index contributed by atoms with van der Waals surface area (Å²) in [6.07, 6.45) is -0.529. The van der Waals surface area contributed by atoms with E-state index >= 15 is 0 Å². The molecular weight excluding hydrogens is 395 g/mol. The van der Waals surface area contributed by atoms with Gasteiger partial charge in [0.1, 0.15) is 5.69 Å². The van der Waals surface area contributed by atoms with E-state index in [9.17, 15) is 23.3 Å². The van der Waals surface area contributed by atoms with Crippen molar-refractivity contribution in [3.05, 3.63) is 52.5 Å². The van der Waals surface area contributed by atoms with Crippen LogP contribution in [-0.4, -0.2) is 24.9 Å². The standard InChI is InChI=1S/C15H10F3N9O2/c16-15(17,18)7-1-2-8(10(5-7)27(28)29)25-26-11-12(19)23-14(24-13(11)20)9-6-21-3-4-22-9/h1-6H,(H4,19,20,23,24). The number of hydrogen-bond donors (Lipinski definition) is 2. The van der Waals surface area contributed by atoms with Crippen LogP contribution in [0.3, 0.4) is 0 Å². The maximum Gasteiger partial charge on any atom is 0.416 e. The SMILES string of the molecule is Nc1nc(-c2cnccn2)nc(N)c1N=Nc1ccc(C(F)(F)F)cc1[N+](=O)[O-]. The van der Waals surface area contributed by atoms with E-state index in [0.717, 1.165) is 6.07 Å². The van der Waals surface area contributed by atoms with Crippen LogP contribution in [0.1, 0.15) is 5.56 Å². The molecule has 11 nitrogen and oxygen atoms in total. The molecule has 4 N–H and O–H groups in total. The maximum atomic E-state index is 12.8. The lowest BCUT2D eigenvalue weighted by atomic mass is 10.1. The minimum atomic E-state index is -4.75. The molecule has 2 heterocycles.